The van der Waals surface area contributed by atoms with Gasteiger partial charge in [0.15, 0.2) is 5.82 Å². The van der Waals surface area contributed by atoms with Crippen molar-refractivity contribution in [1.29, 1.82) is 0 Å². The van der Waals surface area contributed by atoms with Crippen LogP contribution < -0.4 is 5.73 Å². The molecule has 0 saturated heterocycles. The van der Waals surface area contributed by atoms with Crippen molar-refractivity contribution in [2.24, 2.45) is 5.73 Å². The maximum absolute atomic E-state index is 11.0. The molecule has 0 aliphatic heterocycles. The molecular formula is C7H7N5O2S. The van der Waals surface area contributed by atoms with E-state index in [9.17, 15) is 4.79 Å². The summed E-state index contributed by atoms with van der Waals surface area (Å²) in [5, 5.41) is 11.5. The second kappa shape index (κ2) is 3.41. The van der Waals surface area contributed by atoms with Crippen LogP contribution in [0, 0.1) is 4.64 Å². The van der Waals surface area contributed by atoms with E-state index in [1.54, 1.807) is 0 Å². The number of hydrogen-bond acceptors (Lipinski definition) is 5. The number of carbonyl (C=O) groups excluding carboxylic acids is 1. The first kappa shape index (κ1) is 9.74. The number of hydrogen-bond donors (Lipinski definition) is 3. The van der Waals surface area contributed by atoms with Crippen molar-refractivity contribution in [3.8, 4) is 0 Å². The Balaban J connectivity index is 2.78. The monoisotopic (exact) mass is 225 g/mol. The number of rotatable bonds is 2. The molecule has 0 bridgehead atoms. The van der Waals surface area contributed by atoms with E-state index >= 15 is 0 Å². The summed E-state index contributed by atoms with van der Waals surface area (Å²) in [6, 6.07) is 0. The fourth-order valence-corrected chi connectivity index (χ4v) is 1.42. The number of nitrogens with zero attached hydrogens (tertiary/aromatic N) is 3. The molecule has 0 spiro atoms. The molecule has 0 unspecified atom stereocenters. The Kier molecular flexibility index (Phi) is 2.21. The molecule has 0 atom stereocenters. The van der Waals surface area contributed by atoms with E-state index in [1.165, 1.54) is 10.7 Å². The van der Waals surface area contributed by atoms with Gasteiger partial charge >= 0.3 is 0 Å². The van der Waals surface area contributed by atoms with Crippen molar-refractivity contribution in [2.75, 3.05) is 0 Å². The lowest BCUT2D eigenvalue weighted by Crippen LogP contribution is -2.14. The van der Waals surface area contributed by atoms with Gasteiger partial charge in [-0.05, 0) is 0 Å². The second-order valence-electron chi connectivity index (χ2n) is 2.81. The van der Waals surface area contributed by atoms with Crippen LogP contribution in [0.25, 0.3) is 5.78 Å². The second-order valence-corrected chi connectivity index (χ2v) is 3.19. The van der Waals surface area contributed by atoms with Crippen LogP contribution in [0.5, 0.6) is 0 Å². The maximum Gasteiger partial charge on any atom is 0.253 e. The van der Waals surface area contributed by atoms with E-state index < -0.39 is 5.91 Å². The Morgan fingerprint density at radius 3 is 3.07 bits per heavy atom. The highest BCUT2D eigenvalue weighted by molar-refractivity contribution is 7.71. The standard InChI is InChI=1S/C7H7N5O2S/c8-5(14)3-1-9-7-10-4(2-13)11-12(7)6(3)15/h1,13H,2H2,(H2,8,14)(H,9,10,11). The van der Waals surface area contributed by atoms with Crippen molar-refractivity contribution in [3.05, 3.63) is 22.2 Å². The molecule has 0 radical (unpaired) electrons. The third kappa shape index (κ3) is 1.49. The summed E-state index contributed by atoms with van der Waals surface area (Å²) < 4.78 is 1.51. The molecule has 0 aliphatic rings. The Morgan fingerprint density at radius 1 is 1.73 bits per heavy atom. The zero-order valence-electron chi connectivity index (χ0n) is 7.47. The average Bonchev–Trinajstić information content (AvgIpc) is 2.61. The number of fused-ring (bicyclic) bond motifs is 1. The Hall–Kier alpha value is -1.80. The molecule has 0 aromatic carbocycles. The zero-order valence-corrected chi connectivity index (χ0v) is 8.28. The highest BCUT2D eigenvalue weighted by Crippen LogP contribution is 2.04. The van der Waals surface area contributed by atoms with Gasteiger partial charge < -0.3 is 10.8 Å². The number of nitrogens with two attached hydrogens (primary N) is 1. The number of aliphatic hydroxyl groups excluding tert-OH is 1. The molecule has 0 fully saturated rings. The quantitative estimate of drug-likeness (QED) is 0.590. The summed E-state index contributed by atoms with van der Waals surface area (Å²) in [5.41, 5.74) is 5.24. The van der Waals surface area contributed by atoms with Crippen LogP contribution in [0.1, 0.15) is 16.2 Å². The van der Waals surface area contributed by atoms with Gasteiger partial charge in [-0.15, -0.1) is 0 Å². The van der Waals surface area contributed by atoms with E-state index in [0.29, 0.717) is 5.82 Å². The van der Waals surface area contributed by atoms with Crippen LogP contribution in [0.2, 0.25) is 0 Å². The predicted octanol–water partition coefficient (Wildman–Crippen LogP) is -0.622. The first-order chi connectivity index (χ1) is 7.13. The zero-order chi connectivity index (χ0) is 11.0. The minimum Gasteiger partial charge on any atom is -0.388 e. The SMILES string of the molecule is NC(=O)c1cnc2nc(CO)[nH]n2c1=S. The Bertz CT molecular complexity index is 587. The minimum absolute atomic E-state index is 0.135. The van der Waals surface area contributed by atoms with Gasteiger partial charge in [-0.1, -0.05) is 12.2 Å². The summed E-state index contributed by atoms with van der Waals surface area (Å²) in [5.74, 6) is -0.0497. The lowest BCUT2D eigenvalue weighted by atomic mass is 10.3. The van der Waals surface area contributed by atoms with E-state index in [4.69, 9.17) is 23.1 Å². The van der Waals surface area contributed by atoms with Crippen molar-refractivity contribution < 1.29 is 9.90 Å². The molecule has 15 heavy (non-hydrogen) atoms. The Labute approximate surface area is 88.6 Å². The highest BCUT2D eigenvalue weighted by atomic mass is 32.1. The summed E-state index contributed by atoms with van der Waals surface area (Å²) in [4.78, 5) is 18.8. The number of aliphatic hydroxyl groups is 1. The Morgan fingerprint density at radius 2 is 2.47 bits per heavy atom. The van der Waals surface area contributed by atoms with Crippen LogP contribution in [0.4, 0.5) is 0 Å². The van der Waals surface area contributed by atoms with Crippen molar-refractivity contribution in [3.63, 3.8) is 0 Å². The summed E-state index contributed by atoms with van der Waals surface area (Å²) >= 11 is 5.00. The van der Waals surface area contributed by atoms with Gasteiger partial charge in [0.2, 0.25) is 0 Å². The lowest BCUT2D eigenvalue weighted by Gasteiger charge is -1.96. The number of carbonyl (C=O) groups is 1. The highest BCUT2D eigenvalue weighted by Gasteiger charge is 2.09. The van der Waals surface area contributed by atoms with Crippen LogP contribution in [-0.2, 0) is 6.61 Å². The number of aromatic amines is 1. The van der Waals surface area contributed by atoms with Crippen LogP contribution >= 0.6 is 12.2 Å². The van der Waals surface area contributed by atoms with Gasteiger partial charge in [-0.25, -0.2) is 9.50 Å². The third-order valence-electron chi connectivity index (χ3n) is 1.83. The molecule has 2 heterocycles. The lowest BCUT2D eigenvalue weighted by molar-refractivity contribution is 0.0999. The fourth-order valence-electron chi connectivity index (χ4n) is 1.14. The normalized spacial score (nSPS) is 10.7. The summed E-state index contributed by atoms with van der Waals surface area (Å²) in [7, 11) is 0. The number of primary amides is 1. The van der Waals surface area contributed by atoms with Crippen LogP contribution in [0.15, 0.2) is 6.20 Å². The molecule has 8 heteroatoms. The van der Waals surface area contributed by atoms with E-state index in [1.807, 2.05) is 0 Å². The molecular weight excluding hydrogens is 218 g/mol. The van der Waals surface area contributed by atoms with Crippen molar-refractivity contribution in [2.45, 2.75) is 6.61 Å². The number of aromatic nitrogens is 4. The molecule has 78 valence electrons. The third-order valence-corrected chi connectivity index (χ3v) is 2.24. The predicted molar refractivity (Wildman–Crippen MR) is 52.6 cm³/mol. The van der Waals surface area contributed by atoms with E-state index in [-0.39, 0.29) is 22.6 Å². The molecule has 1 amide bonds. The molecule has 0 saturated carbocycles. The van der Waals surface area contributed by atoms with Gasteiger partial charge in [0.1, 0.15) is 11.2 Å². The number of H-pyrrole nitrogens is 1. The van der Waals surface area contributed by atoms with Gasteiger partial charge in [0.25, 0.3) is 11.7 Å². The van der Waals surface area contributed by atoms with Gasteiger partial charge in [0, 0.05) is 6.20 Å². The first-order valence-corrected chi connectivity index (χ1v) is 4.41. The molecule has 2 aromatic rings. The molecule has 2 rings (SSSR count). The number of nitrogens with one attached hydrogen (secondary N) is 1. The first-order valence-electron chi connectivity index (χ1n) is 4.01. The van der Waals surface area contributed by atoms with E-state index in [2.05, 4.69) is 15.1 Å². The molecule has 2 aromatic heterocycles. The largest absolute Gasteiger partial charge is 0.388 e. The van der Waals surface area contributed by atoms with Crippen molar-refractivity contribution in [1.82, 2.24) is 19.6 Å². The van der Waals surface area contributed by atoms with Gasteiger partial charge in [-0.2, -0.15) is 4.98 Å². The van der Waals surface area contributed by atoms with E-state index in [0.717, 1.165) is 0 Å². The smallest absolute Gasteiger partial charge is 0.253 e. The molecule has 0 aliphatic carbocycles. The summed E-state index contributed by atoms with van der Waals surface area (Å²) in [6.07, 6.45) is 1.27. The molecule has 7 nitrogen and oxygen atoms in total. The summed E-state index contributed by atoms with van der Waals surface area (Å²) in [6.45, 7) is -0.260. The van der Waals surface area contributed by atoms with Crippen LogP contribution in [-0.4, -0.2) is 30.6 Å². The van der Waals surface area contributed by atoms with Gasteiger partial charge in [-0.3, -0.25) is 9.89 Å². The average molecular weight is 225 g/mol. The number of amides is 1. The minimum atomic E-state index is -0.651. The fraction of sp³-hybridized carbons (Fsp3) is 0.143. The molecule has 4 N–H and O–H groups in total. The topological polar surface area (TPSA) is 109 Å². The maximum atomic E-state index is 11.0. The van der Waals surface area contributed by atoms with Crippen LogP contribution in [0.3, 0.4) is 0 Å². The van der Waals surface area contributed by atoms with Gasteiger partial charge in [0.05, 0.1) is 5.56 Å². The van der Waals surface area contributed by atoms with Crippen molar-refractivity contribution >= 4 is 23.9 Å².